The van der Waals surface area contributed by atoms with Gasteiger partial charge >= 0.3 is 5.97 Å². The van der Waals surface area contributed by atoms with E-state index in [1.807, 2.05) is 6.07 Å². The molecule has 1 unspecified atom stereocenters. The van der Waals surface area contributed by atoms with Crippen LogP contribution in [0.1, 0.15) is 22.2 Å². The van der Waals surface area contributed by atoms with Crippen LogP contribution in [0.5, 0.6) is 5.75 Å². The zero-order valence-electron chi connectivity index (χ0n) is 14.9. The molecule has 1 atom stereocenters. The monoisotopic (exact) mass is 403 g/mol. The van der Waals surface area contributed by atoms with Crippen molar-refractivity contribution in [2.45, 2.75) is 19.1 Å². The van der Waals surface area contributed by atoms with Crippen LogP contribution in [0.2, 0.25) is 0 Å². The number of hydrogen-bond acceptors (Lipinski definition) is 5. The zero-order valence-corrected chi connectivity index (χ0v) is 15.8. The molecule has 1 heterocycles. The highest BCUT2D eigenvalue weighted by atomic mass is 32.1. The van der Waals surface area contributed by atoms with Gasteiger partial charge in [0.2, 0.25) is 0 Å². The fourth-order valence-corrected chi connectivity index (χ4v) is 3.71. The van der Waals surface area contributed by atoms with Crippen molar-refractivity contribution in [1.82, 2.24) is 5.32 Å². The third-order valence-corrected chi connectivity index (χ3v) is 5.35. The molecule has 8 heteroatoms. The van der Waals surface area contributed by atoms with Gasteiger partial charge in [-0.3, -0.25) is 4.79 Å². The Balaban J connectivity index is 1.91. The summed E-state index contributed by atoms with van der Waals surface area (Å²) in [6.07, 6.45) is 0. The van der Waals surface area contributed by atoms with Crippen LogP contribution in [0.15, 0.2) is 48.5 Å². The Morgan fingerprint density at radius 2 is 1.89 bits per heavy atom. The van der Waals surface area contributed by atoms with Gasteiger partial charge in [0.15, 0.2) is 5.60 Å². The van der Waals surface area contributed by atoms with Gasteiger partial charge in [0.05, 0.1) is 11.4 Å². The fourth-order valence-electron chi connectivity index (χ4n) is 2.57. The van der Waals surface area contributed by atoms with E-state index in [0.717, 1.165) is 18.3 Å². The van der Waals surface area contributed by atoms with Crippen molar-refractivity contribution in [2.24, 2.45) is 0 Å². The average molecular weight is 403 g/mol. The third-order valence-electron chi connectivity index (χ3n) is 4.15. The van der Waals surface area contributed by atoms with Gasteiger partial charge in [0.25, 0.3) is 5.91 Å². The summed E-state index contributed by atoms with van der Waals surface area (Å²) in [6.45, 7) is 0.555. The lowest BCUT2D eigenvalue weighted by Gasteiger charge is -2.18. The standard InChI is InChI=1S/C20H18FNO5S/c1-20(26,19(24)25)11-22-18(23)17-13(10-27-12-6-3-2-4-7-12)16-14(21)8-5-9-15(16)28-17/h2-9,26H,10-11H2,1H3,(H,22,23)(H,24,25). The number of carbonyl (C=O) groups excluding carboxylic acids is 1. The molecule has 0 spiro atoms. The number of thiophene rings is 1. The number of carbonyl (C=O) groups is 2. The molecule has 0 aliphatic heterocycles. The number of aliphatic hydroxyl groups is 1. The molecule has 0 aliphatic carbocycles. The van der Waals surface area contributed by atoms with E-state index in [1.54, 1.807) is 36.4 Å². The lowest BCUT2D eigenvalue weighted by Crippen LogP contribution is -2.46. The number of hydrogen-bond donors (Lipinski definition) is 3. The summed E-state index contributed by atoms with van der Waals surface area (Å²) in [5.74, 6) is -1.97. The number of para-hydroxylation sites is 1. The van der Waals surface area contributed by atoms with E-state index in [4.69, 9.17) is 9.84 Å². The molecule has 1 amide bonds. The Kier molecular flexibility index (Phi) is 5.62. The second-order valence-electron chi connectivity index (χ2n) is 6.39. The molecule has 3 N–H and O–H groups in total. The van der Waals surface area contributed by atoms with Crippen LogP contribution in [0.25, 0.3) is 10.1 Å². The average Bonchev–Trinajstić information content (AvgIpc) is 3.05. The number of aliphatic carboxylic acids is 1. The van der Waals surface area contributed by atoms with E-state index in [2.05, 4.69) is 5.32 Å². The van der Waals surface area contributed by atoms with Gasteiger partial charge in [-0.15, -0.1) is 11.3 Å². The quantitative estimate of drug-likeness (QED) is 0.563. The Bertz CT molecular complexity index is 1020. The van der Waals surface area contributed by atoms with Crippen molar-refractivity contribution >= 4 is 33.3 Å². The first kappa shape index (κ1) is 19.8. The van der Waals surface area contributed by atoms with Gasteiger partial charge in [-0.25, -0.2) is 9.18 Å². The number of rotatable bonds is 7. The largest absolute Gasteiger partial charge is 0.489 e. The summed E-state index contributed by atoms with van der Waals surface area (Å²) in [5, 5.41) is 21.5. The smallest absolute Gasteiger partial charge is 0.337 e. The van der Waals surface area contributed by atoms with E-state index in [9.17, 15) is 19.1 Å². The summed E-state index contributed by atoms with van der Waals surface area (Å²) in [5.41, 5.74) is -1.74. The van der Waals surface area contributed by atoms with Gasteiger partial charge in [0, 0.05) is 15.6 Å². The van der Waals surface area contributed by atoms with Crippen LogP contribution >= 0.6 is 11.3 Å². The van der Waals surface area contributed by atoms with Gasteiger partial charge in [-0.1, -0.05) is 24.3 Å². The molecule has 0 bridgehead atoms. The topological polar surface area (TPSA) is 95.9 Å². The molecule has 1 aromatic heterocycles. The third kappa shape index (κ3) is 4.13. The molecule has 6 nitrogen and oxygen atoms in total. The minimum atomic E-state index is -2.11. The number of carboxylic acids is 1. The highest BCUT2D eigenvalue weighted by Gasteiger charge is 2.31. The van der Waals surface area contributed by atoms with Crippen molar-refractivity contribution in [2.75, 3.05) is 6.54 Å². The molecular formula is C20H18FNO5S. The summed E-state index contributed by atoms with van der Waals surface area (Å²) in [6, 6.07) is 13.5. The predicted molar refractivity (Wildman–Crippen MR) is 103 cm³/mol. The summed E-state index contributed by atoms with van der Waals surface area (Å²) >= 11 is 1.08. The molecule has 146 valence electrons. The second-order valence-corrected chi connectivity index (χ2v) is 7.44. The first-order valence-corrected chi connectivity index (χ1v) is 9.23. The maximum absolute atomic E-state index is 14.4. The Labute approximate surface area is 164 Å². The number of amides is 1. The van der Waals surface area contributed by atoms with Gasteiger partial charge in [-0.05, 0) is 31.2 Å². The predicted octanol–water partition coefficient (Wildman–Crippen LogP) is 3.18. The lowest BCUT2D eigenvalue weighted by molar-refractivity contribution is -0.155. The number of carboxylic acid groups (broad SMARTS) is 1. The minimum Gasteiger partial charge on any atom is -0.489 e. The Hall–Kier alpha value is -2.97. The Morgan fingerprint density at radius 1 is 1.18 bits per heavy atom. The summed E-state index contributed by atoms with van der Waals surface area (Å²) < 4.78 is 20.7. The summed E-state index contributed by atoms with van der Waals surface area (Å²) in [4.78, 5) is 23.9. The van der Waals surface area contributed by atoms with Crippen molar-refractivity contribution in [1.29, 1.82) is 0 Å². The maximum Gasteiger partial charge on any atom is 0.337 e. The molecule has 0 saturated carbocycles. The van der Waals surface area contributed by atoms with Crippen LogP contribution < -0.4 is 10.1 Å². The molecule has 3 aromatic rings. The van der Waals surface area contributed by atoms with Crippen molar-refractivity contribution in [3.63, 3.8) is 0 Å². The van der Waals surface area contributed by atoms with Crippen LogP contribution in [-0.4, -0.2) is 34.2 Å². The number of fused-ring (bicyclic) bond motifs is 1. The highest BCUT2D eigenvalue weighted by molar-refractivity contribution is 7.21. The van der Waals surface area contributed by atoms with Crippen LogP contribution in [0.4, 0.5) is 4.39 Å². The number of ether oxygens (including phenoxy) is 1. The number of halogens is 1. The fraction of sp³-hybridized carbons (Fsp3) is 0.200. The van der Waals surface area contributed by atoms with E-state index in [1.165, 1.54) is 6.07 Å². The first-order chi connectivity index (χ1) is 13.3. The zero-order chi connectivity index (χ0) is 20.3. The molecule has 0 aliphatic rings. The first-order valence-electron chi connectivity index (χ1n) is 8.41. The molecule has 0 radical (unpaired) electrons. The van der Waals surface area contributed by atoms with E-state index < -0.39 is 29.8 Å². The van der Waals surface area contributed by atoms with E-state index >= 15 is 0 Å². The maximum atomic E-state index is 14.4. The van der Waals surface area contributed by atoms with Crippen LogP contribution in [0, 0.1) is 5.82 Å². The second kappa shape index (κ2) is 7.95. The van der Waals surface area contributed by atoms with Crippen LogP contribution in [0.3, 0.4) is 0 Å². The van der Waals surface area contributed by atoms with Crippen molar-refractivity contribution < 1.29 is 28.9 Å². The van der Waals surface area contributed by atoms with Gasteiger partial charge in [-0.2, -0.15) is 0 Å². The molecule has 28 heavy (non-hydrogen) atoms. The number of benzene rings is 2. The van der Waals surface area contributed by atoms with Gasteiger partial charge in [0.1, 0.15) is 18.2 Å². The van der Waals surface area contributed by atoms with Crippen molar-refractivity contribution in [3.8, 4) is 5.75 Å². The van der Waals surface area contributed by atoms with E-state index in [0.29, 0.717) is 21.4 Å². The molecule has 0 fully saturated rings. The minimum absolute atomic E-state index is 0.0387. The number of nitrogens with one attached hydrogen (secondary N) is 1. The van der Waals surface area contributed by atoms with Crippen molar-refractivity contribution in [3.05, 3.63) is 64.8 Å². The van der Waals surface area contributed by atoms with E-state index in [-0.39, 0.29) is 11.5 Å². The molecule has 0 saturated heterocycles. The molecule has 2 aromatic carbocycles. The highest BCUT2D eigenvalue weighted by Crippen LogP contribution is 2.34. The van der Waals surface area contributed by atoms with Crippen LogP contribution in [-0.2, 0) is 11.4 Å². The molecular weight excluding hydrogens is 385 g/mol. The Morgan fingerprint density at radius 3 is 2.57 bits per heavy atom. The lowest BCUT2D eigenvalue weighted by atomic mass is 10.1. The molecule has 3 rings (SSSR count). The summed E-state index contributed by atoms with van der Waals surface area (Å²) in [7, 11) is 0. The van der Waals surface area contributed by atoms with Gasteiger partial charge < -0.3 is 20.3 Å². The normalized spacial score (nSPS) is 13.1. The SMILES string of the molecule is CC(O)(CNC(=O)c1sc2cccc(F)c2c1COc1ccccc1)C(=O)O.